The van der Waals surface area contributed by atoms with Crippen LogP contribution in [0.2, 0.25) is 0 Å². The first-order valence-corrected chi connectivity index (χ1v) is 4.60. The quantitative estimate of drug-likeness (QED) is 0.743. The van der Waals surface area contributed by atoms with E-state index in [1.54, 1.807) is 7.11 Å². The monoisotopic (exact) mass is 192 g/mol. The Labute approximate surface area is 84.8 Å². The van der Waals surface area contributed by atoms with Crippen LogP contribution in [0.25, 0.3) is 0 Å². The molecular weight excluding hydrogens is 176 g/mol. The van der Waals surface area contributed by atoms with Gasteiger partial charge in [0.05, 0.1) is 13.2 Å². The van der Waals surface area contributed by atoms with E-state index in [1.807, 2.05) is 31.2 Å². The summed E-state index contributed by atoms with van der Waals surface area (Å²) in [6, 6.07) is 7.45. The van der Waals surface area contributed by atoms with Crippen LogP contribution in [0.3, 0.4) is 0 Å². The number of methoxy groups -OCH3 is 1. The maximum atomic E-state index is 9.79. The first-order chi connectivity index (χ1) is 6.63. The average molecular weight is 192 g/mol. The van der Waals surface area contributed by atoms with E-state index in [-0.39, 0.29) is 0 Å². The summed E-state index contributed by atoms with van der Waals surface area (Å²) in [5.41, 5.74) is 1.84. The molecule has 1 unspecified atom stereocenters. The highest BCUT2D eigenvalue weighted by molar-refractivity contribution is 5.30. The van der Waals surface area contributed by atoms with Crippen molar-refractivity contribution < 1.29 is 9.84 Å². The minimum absolute atomic E-state index is 0.484. The number of rotatable bonds is 4. The summed E-state index contributed by atoms with van der Waals surface area (Å²) in [4.78, 5) is 0. The number of aliphatic hydroxyl groups is 1. The minimum Gasteiger partial charge on any atom is -0.497 e. The van der Waals surface area contributed by atoms with Gasteiger partial charge in [-0.2, -0.15) is 0 Å². The van der Waals surface area contributed by atoms with Crippen molar-refractivity contribution in [3.05, 3.63) is 42.0 Å². The lowest BCUT2D eigenvalue weighted by Gasteiger charge is -2.11. The van der Waals surface area contributed by atoms with E-state index in [9.17, 15) is 5.11 Å². The molecule has 0 aliphatic rings. The van der Waals surface area contributed by atoms with Crippen molar-refractivity contribution in [2.75, 3.05) is 7.11 Å². The van der Waals surface area contributed by atoms with Crippen molar-refractivity contribution >= 4 is 0 Å². The zero-order valence-corrected chi connectivity index (χ0v) is 8.66. The van der Waals surface area contributed by atoms with E-state index in [1.165, 1.54) is 0 Å². The van der Waals surface area contributed by atoms with Gasteiger partial charge in [0.2, 0.25) is 0 Å². The fourth-order valence-electron chi connectivity index (χ4n) is 1.30. The van der Waals surface area contributed by atoms with Crippen molar-refractivity contribution in [3.63, 3.8) is 0 Å². The summed E-state index contributed by atoms with van der Waals surface area (Å²) in [7, 11) is 1.62. The molecule has 0 aliphatic heterocycles. The fourth-order valence-corrected chi connectivity index (χ4v) is 1.30. The molecule has 0 saturated heterocycles. The van der Waals surface area contributed by atoms with E-state index in [0.717, 1.165) is 16.9 Å². The predicted molar refractivity (Wildman–Crippen MR) is 57.4 cm³/mol. The molecule has 0 spiro atoms. The van der Waals surface area contributed by atoms with Gasteiger partial charge in [0, 0.05) is 0 Å². The third kappa shape index (κ3) is 2.89. The van der Waals surface area contributed by atoms with Gasteiger partial charge in [-0.05, 0) is 31.0 Å². The number of ether oxygens (including phenoxy) is 1. The molecule has 0 aromatic heterocycles. The van der Waals surface area contributed by atoms with Crippen LogP contribution in [-0.2, 0) is 0 Å². The molecule has 1 rings (SSSR count). The molecule has 0 heterocycles. The van der Waals surface area contributed by atoms with Crippen LogP contribution in [0.5, 0.6) is 5.75 Å². The van der Waals surface area contributed by atoms with Crippen molar-refractivity contribution in [1.82, 2.24) is 0 Å². The minimum atomic E-state index is -0.484. The third-order valence-electron chi connectivity index (χ3n) is 2.02. The summed E-state index contributed by atoms with van der Waals surface area (Å²) in [6.07, 6.45) is 0.107. The van der Waals surface area contributed by atoms with E-state index in [2.05, 4.69) is 6.58 Å². The van der Waals surface area contributed by atoms with Crippen LogP contribution in [0.4, 0.5) is 0 Å². The Morgan fingerprint density at radius 3 is 2.86 bits per heavy atom. The molecule has 0 saturated carbocycles. The summed E-state index contributed by atoms with van der Waals surface area (Å²) >= 11 is 0. The molecule has 1 aromatic rings. The molecule has 0 radical (unpaired) electrons. The molecule has 0 amide bonds. The number of hydrogen-bond acceptors (Lipinski definition) is 2. The highest BCUT2D eigenvalue weighted by Gasteiger charge is 2.07. The maximum Gasteiger partial charge on any atom is 0.119 e. The first-order valence-electron chi connectivity index (χ1n) is 4.60. The maximum absolute atomic E-state index is 9.79. The van der Waals surface area contributed by atoms with E-state index in [4.69, 9.17) is 4.74 Å². The highest BCUT2D eigenvalue weighted by Crippen LogP contribution is 2.23. The summed E-state index contributed by atoms with van der Waals surface area (Å²) in [5.74, 6) is 0.767. The standard InChI is InChI=1S/C12H16O2/c1-9(2)7-12(13)10-5-4-6-11(8-10)14-3/h4-6,8,12-13H,1,7H2,2-3H3. The van der Waals surface area contributed by atoms with Crippen LogP contribution in [0.15, 0.2) is 36.4 Å². The fraction of sp³-hybridized carbons (Fsp3) is 0.333. The van der Waals surface area contributed by atoms with Gasteiger partial charge in [-0.1, -0.05) is 17.7 Å². The van der Waals surface area contributed by atoms with Gasteiger partial charge in [-0.3, -0.25) is 0 Å². The van der Waals surface area contributed by atoms with Gasteiger partial charge < -0.3 is 9.84 Å². The van der Waals surface area contributed by atoms with Crippen molar-refractivity contribution in [3.8, 4) is 5.75 Å². The zero-order valence-electron chi connectivity index (χ0n) is 8.66. The molecular formula is C12H16O2. The Balaban J connectivity index is 2.78. The molecule has 1 N–H and O–H groups in total. The lowest BCUT2D eigenvalue weighted by molar-refractivity contribution is 0.178. The Bertz CT molecular complexity index is 318. The third-order valence-corrected chi connectivity index (χ3v) is 2.02. The average Bonchev–Trinajstić information content (AvgIpc) is 2.17. The van der Waals surface area contributed by atoms with Crippen molar-refractivity contribution in [2.24, 2.45) is 0 Å². The second kappa shape index (κ2) is 4.82. The summed E-state index contributed by atoms with van der Waals surface area (Å²) in [6.45, 7) is 5.68. The smallest absolute Gasteiger partial charge is 0.119 e. The Morgan fingerprint density at radius 1 is 1.57 bits per heavy atom. The lowest BCUT2D eigenvalue weighted by atomic mass is 10.0. The van der Waals surface area contributed by atoms with Crippen LogP contribution in [0.1, 0.15) is 25.0 Å². The zero-order chi connectivity index (χ0) is 10.6. The van der Waals surface area contributed by atoms with E-state index in [0.29, 0.717) is 6.42 Å². The van der Waals surface area contributed by atoms with Gasteiger partial charge in [0.15, 0.2) is 0 Å². The highest BCUT2D eigenvalue weighted by atomic mass is 16.5. The molecule has 2 nitrogen and oxygen atoms in total. The SMILES string of the molecule is C=C(C)CC(O)c1cccc(OC)c1. The number of hydrogen-bond donors (Lipinski definition) is 1. The molecule has 1 aromatic carbocycles. The topological polar surface area (TPSA) is 29.5 Å². The normalized spacial score (nSPS) is 12.2. The van der Waals surface area contributed by atoms with Gasteiger partial charge in [0.25, 0.3) is 0 Å². The number of aliphatic hydroxyl groups excluding tert-OH is 1. The molecule has 2 heteroatoms. The van der Waals surface area contributed by atoms with E-state index >= 15 is 0 Å². The lowest BCUT2D eigenvalue weighted by Crippen LogP contribution is -1.98. The number of benzene rings is 1. The van der Waals surface area contributed by atoms with E-state index < -0.39 is 6.10 Å². The van der Waals surface area contributed by atoms with Crippen LogP contribution < -0.4 is 4.74 Å². The summed E-state index contributed by atoms with van der Waals surface area (Å²) in [5, 5.41) is 9.79. The first kappa shape index (κ1) is 10.8. The molecule has 0 aliphatic carbocycles. The van der Waals surface area contributed by atoms with Gasteiger partial charge in [0.1, 0.15) is 5.75 Å². The predicted octanol–water partition coefficient (Wildman–Crippen LogP) is 2.69. The Hall–Kier alpha value is -1.28. The second-order valence-corrected chi connectivity index (χ2v) is 3.45. The Morgan fingerprint density at radius 2 is 2.29 bits per heavy atom. The molecule has 76 valence electrons. The van der Waals surface area contributed by atoms with Crippen LogP contribution in [-0.4, -0.2) is 12.2 Å². The second-order valence-electron chi connectivity index (χ2n) is 3.45. The van der Waals surface area contributed by atoms with Crippen molar-refractivity contribution in [1.29, 1.82) is 0 Å². The summed E-state index contributed by atoms with van der Waals surface area (Å²) < 4.78 is 5.08. The van der Waals surface area contributed by atoms with Gasteiger partial charge >= 0.3 is 0 Å². The van der Waals surface area contributed by atoms with Crippen LogP contribution in [0, 0.1) is 0 Å². The molecule has 1 atom stereocenters. The molecule has 0 bridgehead atoms. The largest absolute Gasteiger partial charge is 0.497 e. The molecule has 0 fully saturated rings. The van der Waals surface area contributed by atoms with Crippen molar-refractivity contribution in [2.45, 2.75) is 19.4 Å². The van der Waals surface area contributed by atoms with Crippen LogP contribution >= 0.6 is 0 Å². The van der Waals surface area contributed by atoms with Gasteiger partial charge in [-0.15, -0.1) is 6.58 Å². The Kier molecular flexibility index (Phi) is 3.72. The van der Waals surface area contributed by atoms with Gasteiger partial charge in [-0.25, -0.2) is 0 Å². The molecule has 14 heavy (non-hydrogen) atoms.